The van der Waals surface area contributed by atoms with Crippen LogP contribution >= 0.6 is 0 Å². The molecule has 1 atom stereocenters. The maximum absolute atomic E-state index is 13.0. The van der Waals surface area contributed by atoms with E-state index in [1.165, 1.54) is 0 Å². The van der Waals surface area contributed by atoms with E-state index in [4.69, 9.17) is 14.2 Å². The first-order valence-electron chi connectivity index (χ1n) is 11.2. The number of nitrogens with zero attached hydrogens (tertiary/aromatic N) is 2. The van der Waals surface area contributed by atoms with Gasteiger partial charge in [0.15, 0.2) is 11.5 Å². The zero-order chi connectivity index (χ0) is 23.9. The van der Waals surface area contributed by atoms with Gasteiger partial charge in [-0.15, -0.1) is 0 Å². The lowest BCUT2D eigenvalue weighted by Gasteiger charge is -2.18. The molecule has 2 aromatic heterocycles. The molecule has 0 aliphatic carbocycles. The molecule has 2 aromatic carbocycles. The zero-order valence-electron chi connectivity index (χ0n) is 19.7. The van der Waals surface area contributed by atoms with Gasteiger partial charge in [-0.1, -0.05) is 24.3 Å². The molecule has 0 saturated heterocycles. The summed E-state index contributed by atoms with van der Waals surface area (Å²) in [4.78, 5) is 17.5. The van der Waals surface area contributed by atoms with Crippen molar-refractivity contribution in [2.45, 2.75) is 18.8 Å². The Hall–Kier alpha value is -4.00. The van der Waals surface area contributed by atoms with Gasteiger partial charge in [0.1, 0.15) is 11.4 Å². The van der Waals surface area contributed by atoms with Crippen LogP contribution < -0.4 is 19.5 Å². The molecule has 0 fully saturated rings. The molecule has 0 aliphatic heterocycles. The summed E-state index contributed by atoms with van der Waals surface area (Å²) < 4.78 is 18.1. The van der Waals surface area contributed by atoms with Crippen molar-refractivity contribution in [1.29, 1.82) is 0 Å². The molecule has 0 radical (unpaired) electrons. The minimum Gasteiger partial charge on any atom is -0.497 e. The van der Waals surface area contributed by atoms with Crippen LogP contribution in [0.1, 0.15) is 29.2 Å². The molecule has 4 aromatic rings. The van der Waals surface area contributed by atoms with Crippen molar-refractivity contribution in [3.8, 4) is 17.2 Å². The Balaban J connectivity index is 1.49. The standard InChI is InChI=1S/C27H29N3O4/c1-32-21-8-6-7-20(16-21)22(23-18-29-26-9-4-5-14-30(23)26)17-27(31)28-13-12-19-10-11-24(33-2)25(15-19)34-3/h4-11,14-16,18,22H,12-13,17H2,1-3H3,(H,28,31)/t22-/m0/s1. The molecular formula is C27H29N3O4. The number of carbonyl (C=O) groups is 1. The second-order valence-electron chi connectivity index (χ2n) is 7.93. The first-order valence-corrected chi connectivity index (χ1v) is 11.2. The molecule has 0 bridgehead atoms. The van der Waals surface area contributed by atoms with E-state index in [2.05, 4.69) is 10.3 Å². The maximum Gasteiger partial charge on any atom is 0.221 e. The van der Waals surface area contributed by atoms with Crippen molar-refractivity contribution in [2.24, 2.45) is 0 Å². The molecular weight excluding hydrogens is 430 g/mol. The Morgan fingerprint density at radius 1 is 0.971 bits per heavy atom. The lowest BCUT2D eigenvalue weighted by Crippen LogP contribution is -2.27. The number of methoxy groups -OCH3 is 3. The second-order valence-corrected chi connectivity index (χ2v) is 7.93. The van der Waals surface area contributed by atoms with Crippen LogP contribution in [0.2, 0.25) is 0 Å². The Morgan fingerprint density at radius 2 is 1.82 bits per heavy atom. The van der Waals surface area contributed by atoms with E-state index < -0.39 is 0 Å². The molecule has 0 saturated carbocycles. The van der Waals surface area contributed by atoms with Crippen molar-refractivity contribution in [2.75, 3.05) is 27.9 Å². The zero-order valence-corrected chi connectivity index (χ0v) is 19.7. The Morgan fingerprint density at radius 3 is 2.62 bits per heavy atom. The number of carbonyl (C=O) groups excluding carboxylic acids is 1. The highest BCUT2D eigenvalue weighted by molar-refractivity contribution is 5.77. The van der Waals surface area contributed by atoms with E-state index in [1.54, 1.807) is 21.3 Å². The number of nitrogens with one attached hydrogen (secondary N) is 1. The predicted octanol–water partition coefficient (Wildman–Crippen LogP) is 4.24. The van der Waals surface area contributed by atoms with E-state index in [-0.39, 0.29) is 11.8 Å². The van der Waals surface area contributed by atoms with E-state index in [9.17, 15) is 4.79 Å². The molecule has 1 N–H and O–H groups in total. The predicted molar refractivity (Wildman–Crippen MR) is 131 cm³/mol. The van der Waals surface area contributed by atoms with Crippen molar-refractivity contribution in [3.63, 3.8) is 0 Å². The average molecular weight is 460 g/mol. The van der Waals surface area contributed by atoms with Gasteiger partial charge in [-0.05, 0) is 53.9 Å². The number of hydrogen-bond donors (Lipinski definition) is 1. The molecule has 7 heteroatoms. The van der Waals surface area contributed by atoms with Crippen LogP contribution in [-0.2, 0) is 11.2 Å². The number of imidazole rings is 1. The van der Waals surface area contributed by atoms with Crippen molar-refractivity contribution < 1.29 is 19.0 Å². The Kier molecular flexibility index (Phi) is 7.32. The summed E-state index contributed by atoms with van der Waals surface area (Å²) in [6, 6.07) is 19.5. The van der Waals surface area contributed by atoms with Gasteiger partial charge in [-0.25, -0.2) is 4.98 Å². The fourth-order valence-corrected chi connectivity index (χ4v) is 4.10. The fourth-order valence-electron chi connectivity index (χ4n) is 4.10. The normalized spacial score (nSPS) is 11.7. The third kappa shape index (κ3) is 5.14. The van der Waals surface area contributed by atoms with Crippen molar-refractivity contribution in [3.05, 3.63) is 89.9 Å². The summed E-state index contributed by atoms with van der Waals surface area (Å²) in [5.74, 6) is 1.92. The van der Waals surface area contributed by atoms with Crippen LogP contribution in [0.3, 0.4) is 0 Å². The van der Waals surface area contributed by atoms with E-state index in [1.807, 2.05) is 77.5 Å². The van der Waals surface area contributed by atoms with Crippen LogP contribution in [-0.4, -0.2) is 43.2 Å². The lowest BCUT2D eigenvalue weighted by atomic mass is 9.92. The van der Waals surface area contributed by atoms with E-state index in [0.29, 0.717) is 30.9 Å². The van der Waals surface area contributed by atoms with Crippen molar-refractivity contribution >= 4 is 11.6 Å². The van der Waals surface area contributed by atoms with Crippen LogP contribution in [0.5, 0.6) is 17.2 Å². The van der Waals surface area contributed by atoms with Gasteiger partial charge in [-0.3, -0.25) is 4.79 Å². The molecule has 7 nitrogen and oxygen atoms in total. The minimum absolute atomic E-state index is 0.0285. The molecule has 0 spiro atoms. The topological polar surface area (TPSA) is 74.1 Å². The SMILES string of the molecule is COc1cccc([C@H](CC(=O)NCCc2ccc(OC)c(OC)c2)c2cnc3ccccn23)c1. The van der Waals surface area contributed by atoms with Gasteiger partial charge in [-0.2, -0.15) is 0 Å². The van der Waals surface area contributed by atoms with Crippen LogP contribution in [0.15, 0.2) is 73.1 Å². The van der Waals surface area contributed by atoms with Crippen LogP contribution in [0.25, 0.3) is 5.65 Å². The number of aromatic nitrogens is 2. The fraction of sp³-hybridized carbons (Fsp3) is 0.259. The molecule has 0 aliphatic rings. The molecule has 4 rings (SSSR count). The van der Waals surface area contributed by atoms with Gasteiger partial charge in [0.2, 0.25) is 5.91 Å². The van der Waals surface area contributed by atoms with Crippen molar-refractivity contribution in [1.82, 2.24) is 14.7 Å². The summed E-state index contributed by atoms with van der Waals surface area (Å²) >= 11 is 0. The number of rotatable bonds is 10. The average Bonchev–Trinajstić information content (AvgIpc) is 3.31. The first-order chi connectivity index (χ1) is 16.6. The molecule has 176 valence electrons. The van der Waals surface area contributed by atoms with E-state index >= 15 is 0 Å². The first kappa shape index (κ1) is 23.2. The summed E-state index contributed by atoms with van der Waals surface area (Å²) in [6.07, 6.45) is 4.80. The van der Waals surface area contributed by atoms with Gasteiger partial charge in [0, 0.05) is 31.3 Å². The summed E-state index contributed by atoms with van der Waals surface area (Å²) in [5.41, 5.74) is 3.86. The number of amides is 1. The minimum atomic E-state index is -0.173. The second kappa shape index (κ2) is 10.7. The monoisotopic (exact) mass is 459 g/mol. The highest BCUT2D eigenvalue weighted by atomic mass is 16.5. The van der Waals surface area contributed by atoms with Gasteiger partial charge < -0.3 is 23.9 Å². The molecule has 2 heterocycles. The highest BCUT2D eigenvalue weighted by Gasteiger charge is 2.22. The Bertz CT molecular complexity index is 1270. The van der Waals surface area contributed by atoms with E-state index in [0.717, 1.165) is 28.2 Å². The molecule has 0 unspecified atom stereocenters. The maximum atomic E-state index is 13.0. The molecule has 34 heavy (non-hydrogen) atoms. The lowest BCUT2D eigenvalue weighted by molar-refractivity contribution is -0.121. The largest absolute Gasteiger partial charge is 0.497 e. The number of fused-ring (bicyclic) bond motifs is 1. The smallest absolute Gasteiger partial charge is 0.221 e. The summed E-state index contributed by atoms with van der Waals surface area (Å²) in [7, 11) is 4.87. The number of hydrogen-bond acceptors (Lipinski definition) is 5. The number of benzene rings is 2. The number of pyridine rings is 1. The quantitative estimate of drug-likeness (QED) is 0.384. The summed E-state index contributed by atoms with van der Waals surface area (Å²) in [5, 5.41) is 3.06. The number of ether oxygens (including phenoxy) is 3. The highest BCUT2D eigenvalue weighted by Crippen LogP contribution is 2.31. The van der Waals surface area contributed by atoms with Gasteiger partial charge in [0.25, 0.3) is 0 Å². The molecule has 1 amide bonds. The third-order valence-corrected chi connectivity index (χ3v) is 5.87. The Labute approximate surface area is 199 Å². The van der Waals surface area contributed by atoms with Gasteiger partial charge in [0.05, 0.1) is 27.0 Å². The van der Waals surface area contributed by atoms with Crippen LogP contribution in [0, 0.1) is 0 Å². The van der Waals surface area contributed by atoms with Gasteiger partial charge >= 0.3 is 0 Å². The summed E-state index contributed by atoms with van der Waals surface area (Å²) in [6.45, 7) is 0.520. The third-order valence-electron chi connectivity index (χ3n) is 5.87. The van der Waals surface area contributed by atoms with Crippen LogP contribution in [0.4, 0.5) is 0 Å².